The lowest BCUT2D eigenvalue weighted by molar-refractivity contribution is 0.173. The van der Waals surface area contributed by atoms with E-state index in [2.05, 4.69) is 29.3 Å². The van der Waals surface area contributed by atoms with Crippen molar-refractivity contribution in [3.8, 4) is 0 Å². The van der Waals surface area contributed by atoms with Crippen LogP contribution < -0.4 is 0 Å². The van der Waals surface area contributed by atoms with E-state index in [1.54, 1.807) is 7.11 Å². The van der Waals surface area contributed by atoms with Gasteiger partial charge in [-0.15, -0.1) is 0 Å². The molecule has 0 aliphatic heterocycles. The molecule has 0 spiro atoms. The molecule has 0 aliphatic carbocycles. The third kappa shape index (κ3) is 2.45. The molecule has 2 rings (SSSR count). The molecule has 17 heavy (non-hydrogen) atoms. The van der Waals surface area contributed by atoms with Crippen molar-refractivity contribution >= 4 is 12.2 Å². The molecule has 5 heteroatoms. The minimum atomic E-state index is 0.146. The third-order valence-corrected chi connectivity index (χ3v) is 3.01. The van der Waals surface area contributed by atoms with E-state index in [0.29, 0.717) is 11.4 Å². The van der Waals surface area contributed by atoms with Gasteiger partial charge in [0.25, 0.3) is 0 Å². The Bertz CT molecular complexity index is 532. The summed E-state index contributed by atoms with van der Waals surface area (Å²) in [7, 11) is 1.65. The molecule has 0 radical (unpaired) electrons. The summed E-state index contributed by atoms with van der Waals surface area (Å²) in [6.07, 6.45) is 0. The van der Waals surface area contributed by atoms with Crippen LogP contribution in [0.25, 0.3) is 0 Å². The summed E-state index contributed by atoms with van der Waals surface area (Å²) in [6.45, 7) is 2.55. The van der Waals surface area contributed by atoms with Crippen LogP contribution in [-0.2, 0) is 11.3 Å². The summed E-state index contributed by atoms with van der Waals surface area (Å²) >= 11 is 5.25. The fraction of sp³-hybridized carbons (Fsp3) is 0.333. The van der Waals surface area contributed by atoms with Gasteiger partial charge in [0, 0.05) is 7.11 Å². The number of nitrogens with zero attached hydrogens (tertiary/aromatic N) is 2. The van der Waals surface area contributed by atoms with E-state index in [9.17, 15) is 0 Å². The van der Waals surface area contributed by atoms with Crippen molar-refractivity contribution in [3.63, 3.8) is 0 Å². The SMILES string of the molecule is COCc1n[nH]c(=S)n1[C@H](C)c1ccccc1. The highest BCUT2D eigenvalue weighted by atomic mass is 32.1. The topological polar surface area (TPSA) is 42.8 Å². The molecule has 90 valence electrons. The van der Waals surface area contributed by atoms with E-state index >= 15 is 0 Å². The average molecular weight is 249 g/mol. The Morgan fingerprint density at radius 3 is 2.76 bits per heavy atom. The lowest BCUT2D eigenvalue weighted by atomic mass is 10.1. The Morgan fingerprint density at radius 1 is 1.41 bits per heavy atom. The maximum absolute atomic E-state index is 5.25. The largest absolute Gasteiger partial charge is 0.377 e. The maximum Gasteiger partial charge on any atom is 0.195 e. The first-order valence-corrected chi connectivity index (χ1v) is 5.84. The van der Waals surface area contributed by atoms with E-state index in [4.69, 9.17) is 17.0 Å². The van der Waals surface area contributed by atoms with Crippen LogP contribution in [0.15, 0.2) is 30.3 Å². The predicted octanol–water partition coefficient (Wildman–Crippen LogP) is 2.70. The van der Waals surface area contributed by atoms with Crippen LogP contribution >= 0.6 is 12.2 Å². The zero-order valence-corrected chi connectivity index (χ0v) is 10.7. The zero-order valence-electron chi connectivity index (χ0n) is 9.88. The highest BCUT2D eigenvalue weighted by Gasteiger charge is 2.13. The highest BCUT2D eigenvalue weighted by molar-refractivity contribution is 7.71. The van der Waals surface area contributed by atoms with Crippen LogP contribution in [-0.4, -0.2) is 21.9 Å². The van der Waals surface area contributed by atoms with Crippen LogP contribution in [0.3, 0.4) is 0 Å². The Morgan fingerprint density at radius 2 is 2.12 bits per heavy atom. The molecule has 1 aromatic heterocycles. The number of H-pyrrole nitrogens is 1. The van der Waals surface area contributed by atoms with Crippen molar-refractivity contribution in [1.29, 1.82) is 0 Å². The number of methoxy groups -OCH3 is 1. The van der Waals surface area contributed by atoms with Gasteiger partial charge < -0.3 is 4.74 Å². The van der Waals surface area contributed by atoms with Crippen LogP contribution in [0.1, 0.15) is 24.4 Å². The maximum atomic E-state index is 5.25. The molecule has 1 atom stereocenters. The second-order valence-corrected chi connectivity index (χ2v) is 4.22. The number of hydrogen-bond donors (Lipinski definition) is 1. The molecule has 1 aromatic carbocycles. The first-order valence-electron chi connectivity index (χ1n) is 5.43. The van der Waals surface area contributed by atoms with Gasteiger partial charge in [-0.25, -0.2) is 0 Å². The summed E-state index contributed by atoms with van der Waals surface area (Å²) in [5, 5.41) is 6.98. The quantitative estimate of drug-likeness (QED) is 0.847. The second-order valence-electron chi connectivity index (χ2n) is 3.83. The van der Waals surface area contributed by atoms with E-state index < -0.39 is 0 Å². The fourth-order valence-electron chi connectivity index (χ4n) is 1.85. The minimum absolute atomic E-state index is 0.146. The third-order valence-electron chi connectivity index (χ3n) is 2.72. The first kappa shape index (κ1) is 12.0. The molecule has 2 aromatic rings. The lowest BCUT2D eigenvalue weighted by Crippen LogP contribution is -2.11. The molecule has 0 saturated heterocycles. The number of aromatic amines is 1. The average Bonchev–Trinajstić information content (AvgIpc) is 2.71. The molecule has 1 N–H and O–H groups in total. The van der Waals surface area contributed by atoms with Gasteiger partial charge in [-0.3, -0.25) is 9.67 Å². The van der Waals surface area contributed by atoms with E-state index in [1.807, 2.05) is 22.8 Å². The van der Waals surface area contributed by atoms with Crippen LogP contribution in [0.5, 0.6) is 0 Å². The fourth-order valence-corrected chi connectivity index (χ4v) is 2.16. The highest BCUT2D eigenvalue weighted by Crippen LogP contribution is 2.19. The normalized spacial score (nSPS) is 12.6. The molecular weight excluding hydrogens is 234 g/mol. The van der Waals surface area contributed by atoms with Gasteiger partial charge in [0.2, 0.25) is 0 Å². The molecule has 0 unspecified atom stereocenters. The Balaban J connectivity index is 2.40. The number of aromatic nitrogens is 3. The number of hydrogen-bond acceptors (Lipinski definition) is 3. The predicted molar refractivity (Wildman–Crippen MR) is 68.4 cm³/mol. The summed E-state index contributed by atoms with van der Waals surface area (Å²) in [5.74, 6) is 0.814. The van der Waals surface area contributed by atoms with Crippen molar-refractivity contribution in [2.45, 2.75) is 19.6 Å². The Hall–Kier alpha value is -1.46. The second kappa shape index (κ2) is 5.25. The summed E-state index contributed by atoms with van der Waals surface area (Å²) in [4.78, 5) is 0. The Kier molecular flexibility index (Phi) is 3.71. The zero-order chi connectivity index (χ0) is 12.3. The van der Waals surface area contributed by atoms with Crippen molar-refractivity contribution in [2.75, 3.05) is 7.11 Å². The smallest absolute Gasteiger partial charge is 0.195 e. The van der Waals surface area contributed by atoms with Gasteiger partial charge in [0.05, 0.1) is 6.04 Å². The van der Waals surface area contributed by atoms with Gasteiger partial charge in [-0.2, -0.15) is 5.10 Å². The lowest BCUT2D eigenvalue weighted by Gasteiger charge is -2.15. The number of nitrogens with one attached hydrogen (secondary N) is 1. The molecule has 0 bridgehead atoms. The monoisotopic (exact) mass is 249 g/mol. The van der Waals surface area contributed by atoms with E-state index in [1.165, 1.54) is 5.56 Å². The van der Waals surface area contributed by atoms with Gasteiger partial charge in [0.15, 0.2) is 10.6 Å². The van der Waals surface area contributed by atoms with Crippen molar-refractivity contribution in [1.82, 2.24) is 14.8 Å². The van der Waals surface area contributed by atoms with E-state index in [0.717, 1.165) is 5.82 Å². The standard InChI is InChI=1S/C12H15N3OS/c1-9(10-6-4-3-5-7-10)15-11(8-16-2)13-14-12(15)17/h3-7,9H,8H2,1-2H3,(H,14,17)/t9-/m1/s1. The minimum Gasteiger partial charge on any atom is -0.377 e. The van der Waals surface area contributed by atoms with Gasteiger partial charge in [-0.05, 0) is 24.7 Å². The van der Waals surface area contributed by atoms with Gasteiger partial charge >= 0.3 is 0 Å². The van der Waals surface area contributed by atoms with Crippen LogP contribution in [0.4, 0.5) is 0 Å². The first-order chi connectivity index (χ1) is 8.24. The molecule has 1 heterocycles. The van der Waals surface area contributed by atoms with Crippen molar-refractivity contribution in [3.05, 3.63) is 46.5 Å². The van der Waals surface area contributed by atoms with Crippen LogP contribution in [0.2, 0.25) is 0 Å². The summed E-state index contributed by atoms with van der Waals surface area (Å²) < 4.78 is 7.72. The molecule has 0 aliphatic rings. The summed E-state index contributed by atoms with van der Waals surface area (Å²) in [6, 6.07) is 10.3. The molecule has 4 nitrogen and oxygen atoms in total. The van der Waals surface area contributed by atoms with Gasteiger partial charge in [-0.1, -0.05) is 30.3 Å². The molecule has 0 saturated carbocycles. The van der Waals surface area contributed by atoms with Crippen molar-refractivity contribution < 1.29 is 4.74 Å². The number of ether oxygens (including phenoxy) is 1. The van der Waals surface area contributed by atoms with E-state index in [-0.39, 0.29) is 6.04 Å². The summed E-state index contributed by atoms with van der Waals surface area (Å²) in [5.41, 5.74) is 1.20. The Labute approximate surface area is 105 Å². The van der Waals surface area contributed by atoms with Gasteiger partial charge in [0.1, 0.15) is 6.61 Å². The van der Waals surface area contributed by atoms with Crippen LogP contribution in [0, 0.1) is 4.77 Å². The van der Waals surface area contributed by atoms with Crippen molar-refractivity contribution in [2.24, 2.45) is 0 Å². The molecular formula is C12H15N3OS. The molecule has 0 fully saturated rings. The molecule has 0 amide bonds. The number of rotatable bonds is 4. The number of benzene rings is 1.